The first-order valence-electron chi connectivity index (χ1n) is 15.7. The van der Waals surface area contributed by atoms with Crippen LogP contribution < -0.4 is 0 Å². The predicted molar refractivity (Wildman–Crippen MR) is 183 cm³/mol. The second-order valence-electron chi connectivity index (χ2n) is 11.7. The predicted octanol–water partition coefficient (Wildman–Crippen LogP) is 7.36. The Balaban J connectivity index is 1.26. The first-order valence-corrected chi connectivity index (χ1v) is 15.7. The van der Waals surface area contributed by atoms with Crippen molar-refractivity contribution in [1.82, 2.24) is 39.6 Å². The van der Waals surface area contributed by atoms with Crippen LogP contribution in [0.3, 0.4) is 0 Å². The third-order valence-corrected chi connectivity index (χ3v) is 8.82. The Labute approximate surface area is 272 Å². The lowest BCUT2D eigenvalue weighted by molar-refractivity contribution is 0.451. The molecule has 0 spiro atoms. The third-order valence-electron chi connectivity index (χ3n) is 8.82. The maximum Gasteiger partial charge on any atom is 0.184 e. The average Bonchev–Trinajstić information content (AvgIpc) is 3.82. The topological polar surface area (TPSA) is 78.7 Å². The zero-order valence-corrected chi connectivity index (χ0v) is 26.1. The quantitative estimate of drug-likeness (QED) is 0.168. The molecule has 0 atom stereocenters. The second kappa shape index (κ2) is 11.7. The average molecular weight is 613 g/mol. The minimum absolute atomic E-state index is 0.674. The van der Waals surface area contributed by atoms with Gasteiger partial charge in [0, 0.05) is 17.3 Å². The molecule has 0 fully saturated rings. The van der Waals surface area contributed by atoms with Gasteiger partial charge in [-0.3, -0.25) is 4.68 Å². The Hall–Kier alpha value is -6.15. The molecule has 0 saturated heterocycles. The molecule has 0 aliphatic carbocycles. The molecule has 228 valence electrons. The minimum atomic E-state index is -0.834. The van der Waals surface area contributed by atoms with Crippen LogP contribution in [0.2, 0.25) is 0 Å². The summed E-state index contributed by atoms with van der Waals surface area (Å²) in [5.41, 5.74) is 8.55. The van der Waals surface area contributed by atoms with E-state index in [1.54, 1.807) is 0 Å². The highest BCUT2D eigenvalue weighted by Gasteiger charge is 2.42. The highest BCUT2D eigenvalue weighted by atomic mass is 15.6. The number of fused-ring (bicyclic) bond motifs is 1. The van der Waals surface area contributed by atoms with Crippen LogP contribution in [-0.4, -0.2) is 39.6 Å². The molecule has 0 aliphatic rings. The van der Waals surface area contributed by atoms with Gasteiger partial charge in [-0.15, -0.1) is 10.2 Å². The van der Waals surface area contributed by atoms with Crippen LogP contribution in [0.4, 0.5) is 0 Å². The summed E-state index contributed by atoms with van der Waals surface area (Å²) in [4.78, 5) is 4.52. The van der Waals surface area contributed by atoms with Gasteiger partial charge in [-0.2, -0.15) is 4.63 Å². The highest BCUT2D eigenvalue weighted by molar-refractivity contribution is 5.81. The fourth-order valence-electron chi connectivity index (χ4n) is 6.67. The molecule has 0 unspecified atom stereocenters. The molecule has 8 nitrogen and oxygen atoms in total. The van der Waals surface area contributed by atoms with E-state index in [0.29, 0.717) is 12.4 Å². The number of hydrogen-bond donors (Lipinski definition) is 0. The van der Waals surface area contributed by atoms with Gasteiger partial charge < -0.3 is 0 Å². The summed E-state index contributed by atoms with van der Waals surface area (Å²) in [5.74, 6) is 1.44. The number of tetrazole rings is 1. The van der Waals surface area contributed by atoms with Crippen LogP contribution in [-0.2, 0) is 12.1 Å². The van der Waals surface area contributed by atoms with E-state index in [1.165, 1.54) is 5.56 Å². The van der Waals surface area contributed by atoms with Gasteiger partial charge in [0.2, 0.25) is 0 Å². The lowest BCUT2D eigenvalue weighted by atomic mass is 9.77. The lowest BCUT2D eigenvalue weighted by Crippen LogP contribution is -2.39. The van der Waals surface area contributed by atoms with Crippen molar-refractivity contribution < 1.29 is 0 Å². The van der Waals surface area contributed by atoms with Gasteiger partial charge in [0.15, 0.2) is 11.5 Å². The summed E-state index contributed by atoms with van der Waals surface area (Å²) >= 11 is 0. The van der Waals surface area contributed by atoms with Crippen LogP contribution in [0.15, 0.2) is 146 Å². The normalized spacial score (nSPS) is 11.7. The smallest absolute Gasteiger partial charge is 0.184 e. The van der Waals surface area contributed by atoms with Gasteiger partial charge in [-0.25, -0.2) is 9.67 Å². The van der Waals surface area contributed by atoms with Crippen molar-refractivity contribution in [2.24, 2.45) is 0 Å². The van der Waals surface area contributed by atoms with Crippen molar-refractivity contribution in [2.45, 2.75) is 25.9 Å². The number of aromatic nitrogens is 8. The first-order chi connectivity index (χ1) is 23.1. The van der Waals surface area contributed by atoms with E-state index < -0.39 is 5.54 Å². The van der Waals surface area contributed by atoms with E-state index in [9.17, 15) is 0 Å². The molecule has 3 aromatic heterocycles. The number of nitrogens with zero attached hydrogens (tertiary/aromatic N) is 8. The van der Waals surface area contributed by atoms with Gasteiger partial charge >= 0.3 is 0 Å². The maximum atomic E-state index is 4.76. The number of rotatable bonds is 8. The zero-order valence-electron chi connectivity index (χ0n) is 26.1. The molecular formula is C39H32N8. The van der Waals surface area contributed by atoms with Crippen molar-refractivity contribution in [3.63, 3.8) is 0 Å². The molecule has 8 heteroatoms. The van der Waals surface area contributed by atoms with Gasteiger partial charge in [0.05, 0.1) is 6.54 Å². The molecule has 5 aromatic carbocycles. The molecule has 0 saturated carbocycles. The molecular weight excluding hydrogens is 580 g/mol. The summed E-state index contributed by atoms with van der Waals surface area (Å²) < 4.78 is 6.01. The van der Waals surface area contributed by atoms with E-state index >= 15 is 0 Å². The largest absolute Gasteiger partial charge is 0.263 e. The highest BCUT2D eigenvalue weighted by Crippen LogP contribution is 2.43. The Morgan fingerprint density at radius 2 is 1.17 bits per heavy atom. The Bertz CT molecular complexity index is 2190. The molecule has 0 radical (unpaired) electrons. The Morgan fingerprint density at radius 3 is 1.77 bits per heavy atom. The van der Waals surface area contributed by atoms with Crippen molar-refractivity contribution in [3.8, 4) is 22.5 Å². The van der Waals surface area contributed by atoms with Crippen molar-refractivity contribution in [1.29, 1.82) is 0 Å². The molecule has 0 amide bonds. The number of aryl methyl sites for hydroxylation is 2. The molecule has 3 heterocycles. The summed E-state index contributed by atoms with van der Waals surface area (Å²) in [6.07, 6.45) is 0. The van der Waals surface area contributed by atoms with E-state index in [-0.39, 0.29) is 0 Å². The van der Waals surface area contributed by atoms with Crippen LogP contribution in [0.5, 0.6) is 0 Å². The van der Waals surface area contributed by atoms with Crippen LogP contribution in [0.1, 0.15) is 33.8 Å². The van der Waals surface area contributed by atoms with E-state index in [4.69, 9.17) is 10.3 Å². The van der Waals surface area contributed by atoms with Crippen LogP contribution >= 0.6 is 0 Å². The summed E-state index contributed by atoms with van der Waals surface area (Å²) in [5, 5.41) is 18.4. The van der Waals surface area contributed by atoms with Gasteiger partial charge in [0.1, 0.15) is 11.4 Å². The van der Waals surface area contributed by atoms with Crippen LogP contribution in [0, 0.1) is 13.8 Å². The molecule has 0 bridgehead atoms. The van der Waals surface area contributed by atoms with Gasteiger partial charge in [-0.1, -0.05) is 140 Å². The molecule has 8 aromatic rings. The Morgan fingerprint density at radius 1 is 0.617 bits per heavy atom. The minimum Gasteiger partial charge on any atom is -0.263 e. The van der Waals surface area contributed by atoms with Crippen molar-refractivity contribution in [2.75, 3.05) is 0 Å². The van der Waals surface area contributed by atoms with E-state index in [0.717, 1.165) is 50.5 Å². The summed E-state index contributed by atoms with van der Waals surface area (Å²) in [7, 11) is 0. The standard InChI is InChI=1S/C39H32N8/c1-28-26-37-40-29(2)42-47(37)45(28)27-30-22-24-31(25-23-30)35-20-12-13-21-36(35)38-41-43-44-46(38)39(32-14-6-3-7-15-32,33-16-8-4-9-17-33)34-18-10-5-11-19-34/h3-26H,27H2,1-2H3. The van der Waals surface area contributed by atoms with Gasteiger partial charge in [-0.05, 0) is 57.7 Å². The fraction of sp³-hybridized carbons (Fsp3) is 0.103. The summed E-state index contributed by atoms with van der Waals surface area (Å²) in [6.45, 7) is 4.69. The number of benzene rings is 5. The fourth-order valence-corrected chi connectivity index (χ4v) is 6.67. The monoisotopic (exact) mass is 612 g/mol. The van der Waals surface area contributed by atoms with Crippen molar-refractivity contribution in [3.05, 3.63) is 179 Å². The molecule has 0 aliphatic heterocycles. The number of hydrogen-bond acceptors (Lipinski definition) is 5. The zero-order chi connectivity index (χ0) is 31.8. The lowest BCUT2D eigenvalue weighted by Gasteiger charge is -2.36. The van der Waals surface area contributed by atoms with Crippen molar-refractivity contribution >= 4 is 5.65 Å². The summed E-state index contributed by atoms with van der Waals surface area (Å²) in [6, 6.07) is 50.5. The van der Waals surface area contributed by atoms with Crippen LogP contribution in [0.25, 0.3) is 28.2 Å². The third kappa shape index (κ3) is 4.82. The molecule has 8 rings (SSSR count). The SMILES string of the molecule is Cc1nc2cc(C)n(Cc3ccc(-c4ccccc4-c4nnnn4C(c4ccccc4)(c4ccccc4)c4ccccc4)cc3)n2n1. The molecule has 47 heavy (non-hydrogen) atoms. The second-order valence-corrected chi connectivity index (χ2v) is 11.7. The molecule has 0 N–H and O–H groups in total. The van der Waals surface area contributed by atoms with E-state index in [2.05, 4.69) is 148 Å². The first kappa shape index (κ1) is 28.3. The Kier molecular flexibility index (Phi) is 7.02. The van der Waals surface area contributed by atoms with E-state index in [1.807, 2.05) is 40.5 Å². The van der Waals surface area contributed by atoms with Gasteiger partial charge in [0.25, 0.3) is 0 Å². The maximum absolute atomic E-state index is 4.76.